The van der Waals surface area contributed by atoms with Gasteiger partial charge in [0.15, 0.2) is 0 Å². The van der Waals surface area contributed by atoms with Gasteiger partial charge in [0.05, 0.1) is 0 Å². The average Bonchev–Trinajstić information content (AvgIpc) is 0.765. The summed E-state index contributed by atoms with van der Waals surface area (Å²) in [4.78, 5) is 22.4. The monoisotopic (exact) mass is 1800 g/mol. The molecule has 0 atom stereocenters. The van der Waals surface area contributed by atoms with E-state index in [9.17, 15) is 0 Å². The standard InChI is InChI=1S/C84H74Br4N6O12S4/c85-69-19-27-77(28-20-69)107(95,96)103-81-61-11-9-13-63(81)57-67-53-60(36-46-94(49-39-75-17-3-7-43-91-75)50-40-76-18-4-8-44-92-76)54-68(84(67)106-110(101,102)80-33-25-72(88)26-34-80)58-64-14-10-12-62(82(64)104-108(97,98)78-29-21-70(86)22-30-78)56-66-52-59(51-65(55-61)83(66)105-109(99,100)79-31-23-71(87)24-32-79)35-45-93(47-37-73-15-1-5-41-89-73)48-38-74-16-2-6-42-90-74/h1-34,41-44,51-54H,35-40,45-50,55-58H2. The van der Waals surface area contributed by atoms with Gasteiger partial charge in [0.25, 0.3) is 0 Å². The molecule has 0 amide bonds. The van der Waals surface area contributed by atoms with Crippen LogP contribution < -0.4 is 16.7 Å². The predicted octanol–water partition coefficient (Wildman–Crippen LogP) is 16.7. The van der Waals surface area contributed by atoms with Crippen molar-refractivity contribution < 1.29 is 50.4 Å². The highest BCUT2D eigenvalue weighted by Crippen LogP contribution is 2.43. The maximum Gasteiger partial charge on any atom is 0.339 e. The summed E-state index contributed by atoms with van der Waals surface area (Å²) < 4.78 is 150. The zero-order chi connectivity index (χ0) is 76.8. The fourth-order valence-electron chi connectivity index (χ4n) is 13.1. The van der Waals surface area contributed by atoms with Gasteiger partial charge in [0, 0.05) is 201 Å². The molecule has 1 aliphatic carbocycles. The lowest BCUT2D eigenvalue weighted by molar-refractivity contribution is 0.282. The Morgan fingerprint density at radius 1 is 0.264 bits per heavy atom. The second kappa shape index (κ2) is 36.1. The second-order valence-corrected chi connectivity index (χ2v) is 36.3. The van der Waals surface area contributed by atoms with E-state index in [1.165, 1.54) is 48.5 Å². The molecular weight excluding hydrogens is 1730 g/mol. The lowest BCUT2D eigenvalue weighted by Crippen LogP contribution is -2.31. The molecule has 4 heterocycles. The van der Waals surface area contributed by atoms with Gasteiger partial charge in [-0.3, -0.25) is 19.9 Å². The van der Waals surface area contributed by atoms with E-state index in [1.807, 2.05) is 97.1 Å². The topological polar surface area (TPSA) is 232 Å². The minimum absolute atomic E-state index is 0.122. The molecule has 8 bridgehead atoms. The van der Waals surface area contributed by atoms with E-state index in [1.54, 1.807) is 110 Å². The van der Waals surface area contributed by atoms with Crippen molar-refractivity contribution in [2.45, 2.75) is 83.8 Å². The lowest BCUT2D eigenvalue weighted by Gasteiger charge is -2.25. The van der Waals surface area contributed by atoms with Crippen LogP contribution in [-0.4, -0.2) is 103 Å². The number of halogens is 4. The summed E-state index contributed by atoms with van der Waals surface area (Å²) in [5.41, 5.74) is 7.26. The summed E-state index contributed by atoms with van der Waals surface area (Å²) in [7, 11) is -19.0. The van der Waals surface area contributed by atoms with Crippen LogP contribution in [0.3, 0.4) is 0 Å². The van der Waals surface area contributed by atoms with Crippen LogP contribution in [0.5, 0.6) is 23.0 Å². The van der Waals surface area contributed by atoms with Crippen molar-refractivity contribution in [3.8, 4) is 23.0 Å². The molecule has 26 heteroatoms. The van der Waals surface area contributed by atoms with Gasteiger partial charge >= 0.3 is 40.5 Å². The third-order valence-electron chi connectivity index (χ3n) is 18.7. The highest BCUT2D eigenvalue weighted by Gasteiger charge is 2.32. The van der Waals surface area contributed by atoms with Gasteiger partial charge in [-0.25, -0.2) is 0 Å². The molecule has 110 heavy (non-hydrogen) atoms. The fourth-order valence-corrected chi connectivity index (χ4v) is 18.2. The van der Waals surface area contributed by atoms with Crippen molar-refractivity contribution >= 4 is 104 Å². The Kier molecular flexibility index (Phi) is 26.0. The molecule has 4 aromatic heterocycles. The van der Waals surface area contributed by atoms with Crippen LogP contribution in [0.25, 0.3) is 0 Å². The number of aromatic nitrogens is 4. The van der Waals surface area contributed by atoms with E-state index in [4.69, 9.17) is 16.7 Å². The van der Waals surface area contributed by atoms with Crippen molar-refractivity contribution in [1.82, 2.24) is 29.7 Å². The van der Waals surface area contributed by atoms with Gasteiger partial charge in [-0.05, 0) is 170 Å². The number of nitrogens with zero attached hydrogens (tertiary/aromatic N) is 6. The van der Waals surface area contributed by atoms with E-state index >= 15 is 33.7 Å². The third-order valence-corrected chi connectivity index (χ3v) is 25.8. The number of para-hydroxylation sites is 2. The molecule has 0 unspecified atom stereocenters. The lowest BCUT2D eigenvalue weighted by atomic mass is 9.89. The Morgan fingerprint density at radius 2 is 0.482 bits per heavy atom. The molecule has 1 aliphatic rings. The van der Waals surface area contributed by atoms with Crippen LogP contribution in [0.2, 0.25) is 0 Å². The molecule has 0 saturated carbocycles. The zero-order valence-electron chi connectivity index (χ0n) is 59.3. The Bertz CT molecular complexity index is 5150. The highest BCUT2D eigenvalue weighted by atomic mass is 79.9. The van der Waals surface area contributed by atoms with E-state index in [0.29, 0.717) is 95.7 Å². The van der Waals surface area contributed by atoms with Crippen molar-refractivity contribution in [3.63, 3.8) is 0 Å². The number of hydrogen-bond acceptors (Lipinski definition) is 18. The van der Waals surface area contributed by atoms with Crippen LogP contribution in [0, 0.1) is 0 Å². The molecular formula is C84H74Br4N6O12S4. The molecule has 0 saturated heterocycles. The van der Waals surface area contributed by atoms with Crippen molar-refractivity contribution in [2.75, 3.05) is 39.3 Å². The molecule has 0 aliphatic heterocycles. The molecule has 13 rings (SSSR count). The van der Waals surface area contributed by atoms with E-state index in [-0.39, 0.29) is 113 Å². The van der Waals surface area contributed by atoms with E-state index < -0.39 is 40.5 Å². The Labute approximate surface area is 676 Å². The zero-order valence-corrected chi connectivity index (χ0v) is 68.9. The quantitative estimate of drug-likeness (QED) is 0.0381. The third kappa shape index (κ3) is 21.0. The van der Waals surface area contributed by atoms with Gasteiger partial charge in [-0.2, -0.15) is 33.7 Å². The summed E-state index contributed by atoms with van der Waals surface area (Å²) in [6.45, 7) is 3.41. The molecule has 0 N–H and O–H groups in total. The summed E-state index contributed by atoms with van der Waals surface area (Å²) in [6.07, 6.45) is 9.36. The molecule has 8 aromatic carbocycles. The maximum atomic E-state index is 15.2. The minimum atomic E-state index is -4.74. The van der Waals surface area contributed by atoms with Crippen LogP contribution in [0.1, 0.15) is 78.4 Å². The second-order valence-electron chi connectivity index (χ2n) is 26.4. The minimum Gasteiger partial charge on any atom is -0.378 e. The molecule has 18 nitrogen and oxygen atoms in total. The number of rotatable bonds is 30. The van der Waals surface area contributed by atoms with Crippen LogP contribution in [0.15, 0.2) is 293 Å². The fraction of sp³-hybridized carbons (Fsp3) is 0.190. The van der Waals surface area contributed by atoms with E-state index in [0.717, 1.165) is 33.9 Å². The van der Waals surface area contributed by atoms with Crippen LogP contribution >= 0.6 is 63.7 Å². The highest BCUT2D eigenvalue weighted by molar-refractivity contribution is 9.11. The molecule has 0 spiro atoms. The average molecular weight is 1810 g/mol. The first-order chi connectivity index (χ1) is 53.0. The number of hydrogen-bond donors (Lipinski definition) is 0. The van der Waals surface area contributed by atoms with Crippen LogP contribution in [0.4, 0.5) is 0 Å². The first-order valence-corrected chi connectivity index (χ1v) is 44.2. The molecule has 0 radical (unpaired) electrons. The number of benzene rings is 8. The number of fused-ring (bicyclic) bond motifs is 8. The van der Waals surface area contributed by atoms with Crippen LogP contribution in [-0.2, 0) is 105 Å². The first-order valence-electron chi connectivity index (χ1n) is 35.4. The van der Waals surface area contributed by atoms with Crippen molar-refractivity contribution in [3.05, 3.63) is 352 Å². The van der Waals surface area contributed by atoms with Gasteiger partial charge < -0.3 is 26.5 Å². The first kappa shape index (κ1) is 79.3. The Balaban J connectivity index is 1.03. The Morgan fingerprint density at radius 3 is 0.700 bits per heavy atom. The SMILES string of the molecule is O=S(=O)(Oc1c2cccc1Cc1cc(CCN(CCc3ccccn3)CCc3ccccn3)cc(c1OS(=O)(=O)c1ccc(Br)cc1)Cc1cccc(c1OS(=O)(=O)c1ccc(Br)cc1)Cc1cc(CCN(CCc3ccccn3)CCc3ccccn3)cc(c1OS(=O)(=O)c1ccc(Br)cc1)C2)c1ccc(Br)cc1. The number of pyridine rings is 4. The van der Waals surface area contributed by atoms with E-state index in [2.05, 4.69) is 93.5 Å². The largest absolute Gasteiger partial charge is 0.378 e. The summed E-state index contributed by atoms with van der Waals surface area (Å²) in [5, 5.41) is 0. The van der Waals surface area contributed by atoms with Gasteiger partial charge in [0.2, 0.25) is 0 Å². The Hall–Kier alpha value is -8.80. The molecule has 12 aromatic rings. The summed E-state index contributed by atoms with van der Waals surface area (Å²) >= 11 is 13.8. The predicted molar refractivity (Wildman–Crippen MR) is 437 cm³/mol. The van der Waals surface area contributed by atoms with Gasteiger partial charge in [-0.1, -0.05) is 149 Å². The van der Waals surface area contributed by atoms with Gasteiger partial charge in [-0.15, -0.1) is 0 Å². The maximum absolute atomic E-state index is 15.2. The van der Waals surface area contributed by atoms with Crippen molar-refractivity contribution in [1.29, 1.82) is 0 Å². The summed E-state index contributed by atoms with van der Waals surface area (Å²) in [5.74, 6) is -0.505. The smallest absolute Gasteiger partial charge is 0.339 e. The normalized spacial score (nSPS) is 12.6. The molecule has 0 fully saturated rings. The summed E-state index contributed by atoms with van der Waals surface area (Å²) in [6, 6.07) is 64.8. The van der Waals surface area contributed by atoms with Crippen molar-refractivity contribution in [2.24, 2.45) is 0 Å². The molecule has 564 valence electrons. The van der Waals surface area contributed by atoms with Gasteiger partial charge in [0.1, 0.15) is 42.6 Å².